The molecule has 0 aliphatic rings. The maximum atomic E-state index is 6.70. The molecule has 4 heteroatoms. The van der Waals surface area contributed by atoms with Gasteiger partial charge in [-0.2, -0.15) is 0 Å². The van der Waals surface area contributed by atoms with Gasteiger partial charge in [0.05, 0.1) is 27.8 Å². The molecule has 11 rings (SSSR count). The molecule has 244 valence electrons. The van der Waals surface area contributed by atoms with E-state index >= 15 is 0 Å². The standard InChI is InChI=1S/C48H31N3O/c1-3-14-32(15-4-1)50-42-22-10-7-18-36(42)40-30-34(26-28-44(40)50)49(46-24-13-21-39-38-20-9-12-25-47(38)52-48(39)46)35-27-29-45-41(31-35)37-19-8-11-23-43(37)51(45)33-16-5-2-6-17-33/h1-31H. The van der Waals surface area contributed by atoms with Crippen LogP contribution in [-0.4, -0.2) is 9.13 Å². The molecule has 11 aromatic rings. The van der Waals surface area contributed by atoms with Crippen LogP contribution in [0.25, 0.3) is 76.9 Å². The predicted octanol–water partition coefficient (Wildman–Crippen LogP) is 13.2. The second kappa shape index (κ2) is 11.2. The molecule has 0 unspecified atom stereocenters. The van der Waals surface area contributed by atoms with Crippen molar-refractivity contribution < 1.29 is 4.42 Å². The highest BCUT2D eigenvalue weighted by Gasteiger charge is 2.23. The smallest absolute Gasteiger partial charge is 0.159 e. The van der Waals surface area contributed by atoms with Gasteiger partial charge in [-0.1, -0.05) is 103 Å². The highest BCUT2D eigenvalue weighted by Crippen LogP contribution is 2.45. The number of para-hydroxylation sites is 6. The molecular weight excluding hydrogens is 635 g/mol. The van der Waals surface area contributed by atoms with E-state index < -0.39 is 0 Å². The summed E-state index contributed by atoms with van der Waals surface area (Å²) in [5.41, 5.74) is 11.8. The second-order valence-corrected chi connectivity index (χ2v) is 13.4. The number of furan rings is 1. The topological polar surface area (TPSA) is 26.2 Å². The molecule has 4 nitrogen and oxygen atoms in total. The third-order valence-corrected chi connectivity index (χ3v) is 10.5. The fraction of sp³-hybridized carbons (Fsp3) is 0. The van der Waals surface area contributed by atoms with Gasteiger partial charge in [0.15, 0.2) is 5.58 Å². The zero-order valence-corrected chi connectivity index (χ0v) is 28.1. The molecule has 0 atom stereocenters. The zero-order chi connectivity index (χ0) is 34.2. The molecule has 0 aliphatic heterocycles. The van der Waals surface area contributed by atoms with Crippen LogP contribution in [0.15, 0.2) is 192 Å². The van der Waals surface area contributed by atoms with Crippen molar-refractivity contribution in [3.63, 3.8) is 0 Å². The first-order valence-electron chi connectivity index (χ1n) is 17.7. The lowest BCUT2D eigenvalue weighted by atomic mass is 10.1. The van der Waals surface area contributed by atoms with Crippen LogP contribution in [0.1, 0.15) is 0 Å². The molecule has 0 saturated heterocycles. The largest absolute Gasteiger partial charge is 0.454 e. The summed E-state index contributed by atoms with van der Waals surface area (Å²) in [4.78, 5) is 2.37. The van der Waals surface area contributed by atoms with Gasteiger partial charge in [-0.3, -0.25) is 0 Å². The highest BCUT2D eigenvalue weighted by molar-refractivity contribution is 6.14. The third kappa shape index (κ3) is 4.21. The first-order chi connectivity index (χ1) is 25.8. The molecule has 3 heterocycles. The molecular formula is C48H31N3O. The number of benzene rings is 8. The minimum atomic E-state index is 0.863. The number of fused-ring (bicyclic) bond motifs is 9. The molecule has 0 amide bonds. The molecule has 0 spiro atoms. The normalized spacial score (nSPS) is 11.8. The molecule has 0 N–H and O–H groups in total. The van der Waals surface area contributed by atoms with E-state index in [1.807, 2.05) is 6.07 Å². The molecule has 3 aromatic heterocycles. The fourth-order valence-corrected chi connectivity index (χ4v) is 8.25. The van der Waals surface area contributed by atoms with Crippen LogP contribution in [0.5, 0.6) is 0 Å². The van der Waals surface area contributed by atoms with Crippen molar-refractivity contribution in [2.75, 3.05) is 4.90 Å². The number of nitrogens with zero attached hydrogens (tertiary/aromatic N) is 3. The van der Waals surface area contributed by atoms with Gasteiger partial charge in [0, 0.05) is 55.1 Å². The molecule has 52 heavy (non-hydrogen) atoms. The zero-order valence-electron chi connectivity index (χ0n) is 28.1. The summed E-state index contributed by atoms with van der Waals surface area (Å²) in [6.45, 7) is 0. The van der Waals surface area contributed by atoms with Crippen molar-refractivity contribution in [3.8, 4) is 11.4 Å². The van der Waals surface area contributed by atoms with Crippen molar-refractivity contribution in [3.05, 3.63) is 188 Å². The van der Waals surface area contributed by atoms with Crippen molar-refractivity contribution >= 4 is 82.6 Å². The van der Waals surface area contributed by atoms with Crippen molar-refractivity contribution in [1.29, 1.82) is 0 Å². The lowest BCUT2D eigenvalue weighted by Crippen LogP contribution is -2.10. The van der Waals surface area contributed by atoms with Crippen LogP contribution in [-0.2, 0) is 0 Å². The van der Waals surface area contributed by atoms with E-state index in [0.29, 0.717) is 0 Å². The number of hydrogen-bond donors (Lipinski definition) is 0. The van der Waals surface area contributed by atoms with Crippen LogP contribution < -0.4 is 4.90 Å². The van der Waals surface area contributed by atoms with Gasteiger partial charge in [-0.25, -0.2) is 0 Å². The monoisotopic (exact) mass is 665 g/mol. The van der Waals surface area contributed by atoms with Crippen LogP contribution in [0.3, 0.4) is 0 Å². The maximum Gasteiger partial charge on any atom is 0.159 e. The number of rotatable bonds is 5. The van der Waals surface area contributed by atoms with E-state index in [0.717, 1.165) is 50.4 Å². The van der Waals surface area contributed by atoms with Gasteiger partial charge in [-0.15, -0.1) is 0 Å². The summed E-state index contributed by atoms with van der Waals surface area (Å²) in [6.07, 6.45) is 0. The quantitative estimate of drug-likeness (QED) is 0.183. The molecule has 0 saturated carbocycles. The van der Waals surface area contributed by atoms with Crippen LogP contribution in [0, 0.1) is 0 Å². The summed E-state index contributed by atoms with van der Waals surface area (Å²) in [5, 5.41) is 7.03. The Hall–Kier alpha value is -7.04. The van der Waals surface area contributed by atoms with E-state index in [4.69, 9.17) is 4.42 Å². The lowest BCUT2D eigenvalue weighted by Gasteiger charge is -2.26. The Kier molecular flexibility index (Phi) is 6.22. The van der Waals surface area contributed by atoms with Gasteiger partial charge >= 0.3 is 0 Å². The average Bonchev–Trinajstić information content (AvgIpc) is 3.87. The Morgan fingerprint density at radius 3 is 1.38 bits per heavy atom. The van der Waals surface area contributed by atoms with Crippen molar-refractivity contribution in [2.45, 2.75) is 0 Å². The Morgan fingerprint density at radius 2 is 0.808 bits per heavy atom. The minimum Gasteiger partial charge on any atom is -0.454 e. The Morgan fingerprint density at radius 1 is 0.346 bits per heavy atom. The third-order valence-electron chi connectivity index (χ3n) is 10.5. The van der Waals surface area contributed by atoms with Gasteiger partial charge in [0.1, 0.15) is 5.58 Å². The summed E-state index contributed by atoms with van der Waals surface area (Å²) in [6, 6.07) is 67.2. The number of aromatic nitrogens is 2. The molecule has 8 aromatic carbocycles. The van der Waals surface area contributed by atoms with E-state index in [9.17, 15) is 0 Å². The van der Waals surface area contributed by atoms with Crippen LogP contribution in [0.4, 0.5) is 17.1 Å². The Balaban J connectivity index is 1.20. The van der Waals surface area contributed by atoms with Gasteiger partial charge < -0.3 is 18.5 Å². The Labute approximate surface area is 299 Å². The average molecular weight is 666 g/mol. The summed E-state index contributed by atoms with van der Waals surface area (Å²) >= 11 is 0. The van der Waals surface area contributed by atoms with Gasteiger partial charge in [0.2, 0.25) is 0 Å². The van der Waals surface area contributed by atoms with Gasteiger partial charge in [0.25, 0.3) is 0 Å². The maximum absolute atomic E-state index is 6.70. The molecule has 0 fully saturated rings. The second-order valence-electron chi connectivity index (χ2n) is 13.4. The molecule has 0 radical (unpaired) electrons. The summed E-state index contributed by atoms with van der Waals surface area (Å²) < 4.78 is 11.4. The van der Waals surface area contributed by atoms with E-state index in [2.05, 4.69) is 196 Å². The summed E-state index contributed by atoms with van der Waals surface area (Å²) in [5.74, 6) is 0. The fourth-order valence-electron chi connectivity index (χ4n) is 8.25. The predicted molar refractivity (Wildman–Crippen MR) is 217 cm³/mol. The Bertz CT molecular complexity index is 2970. The van der Waals surface area contributed by atoms with E-state index in [1.165, 1.54) is 43.6 Å². The molecule has 0 bridgehead atoms. The van der Waals surface area contributed by atoms with Crippen LogP contribution >= 0.6 is 0 Å². The molecule has 0 aliphatic carbocycles. The SMILES string of the molecule is c1ccc(-n2c3ccccc3c3cc(N(c4ccc5c(c4)c4ccccc4n5-c4ccccc4)c4cccc5c4oc4ccccc45)ccc32)cc1. The highest BCUT2D eigenvalue weighted by atomic mass is 16.3. The summed E-state index contributed by atoms with van der Waals surface area (Å²) in [7, 11) is 0. The first kappa shape index (κ1) is 28.8. The number of hydrogen-bond acceptors (Lipinski definition) is 2. The van der Waals surface area contributed by atoms with Crippen molar-refractivity contribution in [2.24, 2.45) is 0 Å². The first-order valence-corrected chi connectivity index (χ1v) is 17.7. The lowest BCUT2D eigenvalue weighted by molar-refractivity contribution is 0.669. The van der Waals surface area contributed by atoms with E-state index in [1.54, 1.807) is 0 Å². The number of anilines is 3. The van der Waals surface area contributed by atoms with Crippen molar-refractivity contribution in [1.82, 2.24) is 9.13 Å². The van der Waals surface area contributed by atoms with E-state index in [-0.39, 0.29) is 0 Å². The van der Waals surface area contributed by atoms with Gasteiger partial charge in [-0.05, 0) is 84.9 Å². The minimum absolute atomic E-state index is 0.863. The van der Waals surface area contributed by atoms with Crippen LogP contribution in [0.2, 0.25) is 0 Å².